The van der Waals surface area contributed by atoms with Crippen LogP contribution in [-0.4, -0.2) is 13.0 Å². The summed E-state index contributed by atoms with van der Waals surface area (Å²) in [6.07, 6.45) is 0. The van der Waals surface area contributed by atoms with Gasteiger partial charge in [0.05, 0.1) is 12.1 Å². The normalized spacial score (nSPS) is 9.80. The van der Waals surface area contributed by atoms with E-state index in [2.05, 4.69) is 6.58 Å². The van der Waals surface area contributed by atoms with Crippen molar-refractivity contribution in [3.05, 3.63) is 34.9 Å². The van der Waals surface area contributed by atoms with Crippen LogP contribution in [0, 0.1) is 0 Å². The first kappa shape index (κ1) is 11.6. The summed E-state index contributed by atoms with van der Waals surface area (Å²) in [6.45, 7) is 5.55. The lowest BCUT2D eigenvalue weighted by atomic mass is 10.0. The van der Waals surface area contributed by atoms with E-state index in [4.69, 9.17) is 22.1 Å². The Morgan fingerprint density at radius 3 is 2.47 bits per heavy atom. The van der Waals surface area contributed by atoms with Crippen LogP contribution in [0.3, 0.4) is 0 Å². The SMILES string of the molecule is C=C(C)c1cc(OC)c(Cl)cc1C(N)=O. The summed E-state index contributed by atoms with van der Waals surface area (Å²) in [4.78, 5) is 11.2. The van der Waals surface area contributed by atoms with E-state index in [0.29, 0.717) is 21.9 Å². The lowest BCUT2D eigenvalue weighted by Gasteiger charge is -2.10. The van der Waals surface area contributed by atoms with Gasteiger partial charge in [-0.1, -0.05) is 23.8 Å². The predicted molar refractivity (Wildman–Crippen MR) is 61.2 cm³/mol. The maximum Gasteiger partial charge on any atom is 0.249 e. The molecule has 3 nitrogen and oxygen atoms in total. The molecule has 4 heteroatoms. The molecule has 1 rings (SSSR count). The third kappa shape index (κ3) is 2.30. The Hall–Kier alpha value is -1.48. The van der Waals surface area contributed by atoms with E-state index in [1.165, 1.54) is 13.2 Å². The van der Waals surface area contributed by atoms with E-state index in [9.17, 15) is 4.79 Å². The zero-order chi connectivity index (χ0) is 11.6. The summed E-state index contributed by atoms with van der Waals surface area (Å²) in [6, 6.07) is 3.15. The molecular weight excluding hydrogens is 214 g/mol. The van der Waals surface area contributed by atoms with E-state index in [1.54, 1.807) is 13.0 Å². The Labute approximate surface area is 93.5 Å². The van der Waals surface area contributed by atoms with Gasteiger partial charge in [-0.25, -0.2) is 0 Å². The van der Waals surface area contributed by atoms with Gasteiger partial charge in [0, 0.05) is 5.56 Å². The third-order valence-electron chi connectivity index (χ3n) is 2.02. The topological polar surface area (TPSA) is 52.3 Å². The van der Waals surface area contributed by atoms with Gasteiger partial charge in [-0.2, -0.15) is 0 Å². The fourth-order valence-corrected chi connectivity index (χ4v) is 1.51. The number of rotatable bonds is 3. The van der Waals surface area contributed by atoms with Crippen molar-refractivity contribution < 1.29 is 9.53 Å². The number of nitrogens with two attached hydrogens (primary N) is 1. The molecule has 0 saturated carbocycles. The molecule has 0 aliphatic carbocycles. The lowest BCUT2D eigenvalue weighted by molar-refractivity contribution is 0.1000. The zero-order valence-corrected chi connectivity index (χ0v) is 9.39. The van der Waals surface area contributed by atoms with Crippen molar-refractivity contribution in [2.45, 2.75) is 6.92 Å². The van der Waals surface area contributed by atoms with Crippen molar-refractivity contribution in [3.63, 3.8) is 0 Å². The van der Waals surface area contributed by atoms with Gasteiger partial charge >= 0.3 is 0 Å². The summed E-state index contributed by atoms with van der Waals surface area (Å²) in [5.41, 5.74) is 6.98. The average Bonchev–Trinajstić information content (AvgIpc) is 2.16. The number of halogens is 1. The Kier molecular flexibility index (Phi) is 3.37. The van der Waals surface area contributed by atoms with Crippen LogP contribution in [0.2, 0.25) is 5.02 Å². The molecule has 0 fully saturated rings. The fourth-order valence-electron chi connectivity index (χ4n) is 1.27. The fraction of sp³-hybridized carbons (Fsp3) is 0.182. The second kappa shape index (κ2) is 4.36. The van der Waals surface area contributed by atoms with Crippen LogP contribution in [0.15, 0.2) is 18.7 Å². The van der Waals surface area contributed by atoms with Crippen LogP contribution in [0.25, 0.3) is 5.57 Å². The molecular formula is C11H12ClNO2. The van der Waals surface area contributed by atoms with Crippen molar-refractivity contribution in [1.82, 2.24) is 0 Å². The third-order valence-corrected chi connectivity index (χ3v) is 2.31. The molecule has 1 aromatic rings. The van der Waals surface area contributed by atoms with Gasteiger partial charge < -0.3 is 10.5 Å². The average molecular weight is 226 g/mol. The number of ether oxygens (including phenoxy) is 1. The minimum atomic E-state index is -0.530. The maximum atomic E-state index is 11.2. The van der Waals surface area contributed by atoms with Crippen molar-refractivity contribution in [2.75, 3.05) is 7.11 Å². The molecule has 0 aromatic heterocycles. The first-order chi connectivity index (χ1) is 6.97. The summed E-state index contributed by atoms with van der Waals surface area (Å²) in [5.74, 6) is -0.0304. The highest BCUT2D eigenvalue weighted by molar-refractivity contribution is 6.32. The smallest absolute Gasteiger partial charge is 0.249 e. The van der Waals surface area contributed by atoms with Gasteiger partial charge in [0.25, 0.3) is 0 Å². The molecule has 0 bridgehead atoms. The number of carbonyl (C=O) groups is 1. The first-order valence-electron chi connectivity index (χ1n) is 4.30. The van der Waals surface area contributed by atoms with Gasteiger partial charge in [0.15, 0.2) is 0 Å². The highest BCUT2D eigenvalue weighted by Crippen LogP contribution is 2.30. The molecule has 0 heterocycles. The number of hydrogen-bond donors (Lipinski definition) is 1. The molecule has 0 radical (unpaired) electrons. The monoisotopic (exact) mass is 225 g/mol. The van der Waals surface area contributed by atoms with Gasteiger partial charge in [-0.3, -0.25) is 4.79 Å². The quantitative estimate of drug-likeness (QED) is 0.859. The summed E-state index contributed by atoms with van der Waals surface area (Å²) in [7, 11) is 1.51. The van der Waals surface area contributed by atoms with Crippen molar-refractivity contribution >= 4 is 23.1 Å². The number of carbonyl (C=O) groups excluding carboxylic acids is 1. The standard InChI is InChI=1S/C11H12ClNO2/c1-6(2)7-5-10(15-3)9(12)4-8(7)11(13)14/h4-5H,1H2,2-3H3,(H2,13,14). The zero-order valence-electron chi connectivity index (χ0n) is 8.63. The molecule has 1 amide bonds. The number of benzene rings is 1. The molecule has 0 saturated heterocycles. The maximum absolute atomic E-state index is 11.2. The predicted octanol–water partition coefficient (Wildman–Crippen LogP) is 2.48. The van der Waals surface area contributed by atoms with Crippen LogP contribution in [-0.2, 0) is 0 Å². The number of allylic oxidation sites excluding steroid dienone is 1. The van der Waals surface area contributed by atoms with Gasteiger partial charge in [0.1, 0.15) is 5.75 Å². The molecule has 2 N–H and O–H groups in total. The Balaban J connectivity index is 3.45. The highest BCUT2D eigenvalue weighted by Gasteiger charge is 2.13. The van der Waals surface area contributed by atoms with Gasteiger partial charge in [-0.05, 0) is 24.6 Å². The Bertz CT molecular complexity index is 427. The van der Waals surface area contributed by atoms with Crippen LogP contribution >= 0.6 is 11.6 Å². The van der Waals surface area contributed by atoms with Gasteiger partial charge in [-0.15, -0.1) is 0 Å². The van der Waals surface area contributed by atoms with E-state index < -0.39 is 5.91 Å². The number of amides is 1. The summed E-state index contributed by atoms with van der Waals surface area (Å²) < 4.78 is 5.05. The second-order valence-corrected chi connectivity index (χ2v) is 3.58. The molecule has 0 unspecified atom stereocenters. The second-order valence-electron chi connectivity index (χ2n) is 3.18. The number of hydrogen-bond acceptors (Lipinski definition) is 2. The summed E-state index contributed by atoms with van der Waals surface area (Å²) >= 11 is 5.89. The Morgan fingerprint density at radius 1 is 1.47 bits per heavy atom. The van der Waals surface area contributed by atoms with Crippen molar-refractivity contribution in [2.24, 2.45) is 5.73 Å². The molecule has 0 aliphatic heterocycles. The Morgan fingerprint density at radius 2 is 2.07 bits per heavy atom. The van der Waals surface area contributed by atoms with Crippen molar-refractivity contribution in [3.8, 4) is 5.75 Å². The van der Waals surface area contributed by atoms with E-state index in [1.807, 2.05) is 0 Å². The van der Waals surface area contributed by atoms with E-state index in [-0.39, 0.29) is 0 Å². The van der Waals surface area contributed by atoms with Crippen LogP contribution in [0.1, 0.15) is 22.8 Å². The molecule has 0 aliphatic rings. The molecule has 0 atom stereocenters. The highest BCUT2D eigenvalue weighted by atomic mass is 35.5. The molecule has 15 heavy (non-hydrogen) atoms. The minimum absolute atomic E-state index is 0.355. The summed E-state index contributed by atoms with van der Waals surface area (Å²) in [5, 5.41) is 0.358. The van der Waals surface area contributed by atoms with Crippen LogP contribution < -0.4 is 10.5 Å². The largest absolute Gasteiger partial charge is 0.495 e. The van der Waals surface area contributed by atoms with Crippen molar-refractivity contribution in [1.29, 1.82) is 0 Å². The minimum Gasteiger partial charge on any atom is -0.495 e. The molecule has 80 valence electrons. The van der Waals surface area contributed by atoms with E-state index >= 15 is 0 Å². The number of methoxy groups -OCH3 is 1. The first-order valence-corrected chi connectivity index (χ1v) is 4.68. The molecule has 1 aromatic carbocycles. The molecule has 0 spiro atoms. The van der Waals surface area contributed by atoms with Crippen LogP contribution in [0.4, 0.5) is 0 Å². The number of primary amides is 1. The van der Waals surface area contributed by atoms with Gasteiger partial charge in [0.2, 0.25) is 5.91 Å². The van der Waals surface area contributed by atoms with Crippen LogP contribution in [0.5, 0.6) is 5.75 Å². The van der Waals surface area contributed by atoms with E-state index in [0.717, 1.165) is 5.57 Å². The lowest BCUT2D eigenvalue weighted by Crippen LogP contribution is -2.13.